The smallest absolute Gasteiger partial charge is 0.0465 e. The number of allylic oxidation sites excluding steroid dienone is 8. The first kappa shape index (κ1) is 30.4. The van der Waals surface area contributed by atoms with Crippen LogP contribution >= 0.6 is 0 Å². The molecule has 0 amide bonds. The van der Waals surface area contributed by atoms with E-state index >= 15 is 0 Å². The van der Waals surface area contributed by atoms with E-state index in [9.17, 15) is 0 Å². The Morgan fingerprint density at radius 2 is 1.10 bits per heavy atom. The lowest BCUT2D eigenvalue weighted by molar-refractivity contribution is 0.854. The standard InChI is InChI=1S/C48H39N/c1-5-14-36(15-6-1)39-24-28-44(29-25-39)49(45-30-26-40(27-31-45)37-16-7-2-8-17-37)46-32-33-47(41-20-11-4-12-21-41)48(35-46)43-23-13-22-42(34-43)38-18-9-3-10-19-38/h1-18,20-26,28-30,32-35,38H,19,27,31H2. The summed E-state index contributed by atoms with van der Waals surface area (Å²) in [7, 11) is 0. The molecule has 49 heavy (non-hydrogen) atoms. The van der Waals surface area contributed by atoms with Gasteiger partial charge in [-0.25, -0.2) is 0 Å². The quantitative estimate of drug-likeness (QED) is 0.162. The third-order valence-corrected chi connectivity index (χ3v) is 9.74. The summed E-state index contributed by atoms with van der Waals surface area (Å²) >= 11 is 0. The number of rotatable bonds is 8. The van der Waals surface area contributed by atoms with E-state index in [0.29, 0.717) is 5.92 Å². The molecule has 0 saturated carbocycles. The molecule has 0 N–H and O–H groups in total. The number of hydrogen-bond donors (Lipinski definition) is 0. The number of hydrogen-bond acceptors (Lipinski definition) is 1. The summed E-state index contributed by atoms with van der Waals surface area (Å²) in [5.41, 5.74) is 15.0. The fraction of sp³-hybridized carbons (Fsp3) is 0.0833. The fourth-order valence-corrected chi connectivity index (χ4v) is 7.16. The molecule has 236 valence electrons. The average Bonchev–Trinajstić information content (AvgIpc) is 3.20. The van der Waals surface area contributed by atoms with Gasteiger partial charge in [0, 0.05) is 23.0 Å². The van der Waals surface area contributed by atoms with Crippen molar-refractivity contribution in [2.24, 2.45) is 0 Å². The maximum Gasteiger partial charge on any atom is 0.0465 e. The molecule has 0 heterocycles. The van der Waals surface area contributed by atoms with Gasteiger partial charge < -0.3 is 4.90 Å². The van der Waals surface area contributed by atoms with Crippen LogP contribution in [-0.4, -0.2) is 0 Å². The van der Waals surface area contributed by atoms with Gasteiger partial charge >= 0.3 is 0 Å². The van der Waals surface area contributed by atoms with Crippen LogP contribution in [0.2, 0.25) is 0 Å². The zero-order valence-corrected chi connectivity index (χ0v) is 27.6. The van der Waals surface area contributed by atoms with Gasteiger partial charge in [0.2, 0.25) is 0 Å². The van der Waals surface area contributed by atoms with Crippen LogP contribution in [0.1, 0.15) is 36.3 Å². The molecule has 1 atom stereocenters. The van der Waals surface area contributed by atoms with E-state index < -0.39 is 0 Å². The largest absolute Gasteiger partial charge is 0.314 e. The van der Waals surface area contributed by atoms with Crippen molar-refractivity contribution in [3.05, 3.63) is 211 Å². The van der Waals surface area contributed by atoms with Crippen LogP contribution in [-0.2, 0) is 0 Å². The minimum absolute atomic E-state index is 0.394. The molecular formula is C48H39N. The second kappa shape index (κ2) is 14.1. The molecular weight excluding hydrogens is 591 g/mol. The number of nitrogens with zero attached hydrogens (tertiary/aromatic N) is 1. The molecule has 0 aliphatic heterocycles. The van der Waals surface area contributed by atoms with E-state index in [1.165, 1.54) is 55.8 Å². The van der Waals surface area contributed by atoms with Crippen molar-refractivity contribution in [1.82, 2.24) is 0 Å². The molecule has 1 nitrogen and oxygen atoms in total. The molecule has 0 bridgehead atoms. The van der Waals surface area contributed by atoms with Crippen LogP contribution in [0.3, 0.4) is 0 Å². The van der Waals surface area contributed by atoms with E-state index in [4.69, 9.17) is 0 Å². The van der Waals surface area contributed by atoms with Crippen molar-refractivity contribution in [2.75, 3.05) is 4.90 Å². The predicted octanol–water partition coefficient (Wildman–Crippen LogP) is 13.2. The molecule has 2 aliphatic rings. The van der Waals surface area contributed by atoms with Gasteiger partial charge in [-0.2, -0.15) is 0 Å². The maximum absolute atomic E-state index is 2.46. The molecule has 2 aliphatic carbocycles. The minimum Gasteiger partial charge on any atom is -0.314 e. The molecule has 8 rings (SSSR count). The summed E-state index contributed by atoms with van der Waals surface area (Å²) in [5.74, 6) is 0.394. The highest BCUT2D eigenvalue weighted by atomic mass is 15.1. The van der Waals surface area contributed by atoms with Crippen molar-refractivity contribution in [3.63, 3.8) is 0 Å². The molecule has 0 radical (unpaired) electrons. The number of benzene rings is 6. The summed E-state index contributed by atoms with van der Waals surface area (Å²) in [4.78, 5) is 2.46. The Hall–Kier alpha value is -5.92. The van der Waals surface area contributed by atoms with Crippen LogP contribution in [0.5, 0.6) is 0 Å². The van der Waals surface area contributed by atoms with Crippen molar-refractivity contribution in [2.45, 2.75) is 25.2 Å². The first-order valence-electron chi connectivity index (χ1n) is 17.3. The third-order valence-electron chi connectivity index (χ3n) is 9.74. The van der Waals surface area contributed by atoms with Gasteiger partial charge in [-0.05, 0) is 99.7 Å². The van der Waals surface area contributed by atoms with Crippen molar-refractivity contribution in [1.29, 1.82) is 0 Å². The second-order valence-electron chi connectivity index (χ2n) is 12.8. The van der Waals surface area contributed by atoms with E-state index in [1.807, 2.05) is 0 Å². The normalized spacial score (nSPS) is 15.4. The summed E-state index contributed by atoms with van der Waals surface area (Å²) in [6.45, 7) is 0. The van der Waals surface area contributed by atoms with E-state index in [2.05, 4.69) is 199 Å². The maximum atomic E-state index is 2.46. The van der Waals surface area contributed by atoms with Crippen molar-refractivity contribution < 1.29 is 0 Å². The van der Waals surface area contributed by atoms with E-state index in [-0.39, 0.29) is 0 Å². The molecule has 1 heteroatoms. The van der Waals surface area contributed by atoms with Gasteiger partial charge in [-0.15, -0.1) is 0 Å². The van der Waals surface area contributed by atoms with Crippen molar-refractivity contribution in [3.8, 4) is 33.4 Å². The lowest BCUT2D eigenvalue weighted by atomic mass is 9.88. The highest BCUT2D eigenvalue weighted by molar-refractivity contribution is 5.88. The van der Waals surface area contributed by atoms with Gasteiger partial charge in [0.15, 0.2) is 0 Å². The van der Waals surface area contributed by atoms with Crippen LogP contribution in [0.15, 0.2) is 200 Å². The van der Waals surface area contributed by atoms with Crippen LogP contribution in [0.4, 0.5) is 11.4 Å². The first-order valence-corrected chi connectivity index (χ1v) is 17.3. The summed E-state index contributed by atoms with van der Waals surface area (Å²) in [6.07, 6.45) is 16.5. The third kappa shape index (κ3) is 6.62. The topological polar surface area (TPSA) is 3.24 Å². The monoisotopic (exact) mass is 629 g/mol. The molecule has 0 saturated heterocycles. The first-order chi connectivity index (χ1) is 24.3. The van der Waals surface area contributed by atoms with Gasteiger partial charge in [0.25, 0.3) is 0 Å². The Kier molecular flexibility index (Phi) is 8.72. The molecule has 0 aromatic heterocycles. The SMILES string of the molecule is C1=CCC(c2cccc(-c3cc(N(C4=CC=C(c5ccccc5)CC4)c4ccc(-c5ccccc5)cc4)ccc3-c3ccccc3)c2)C=C1. The average molecular weight is 630 g/mol. The zero-order chi connectivity index (χ0) is 32.8. The highest BCUT2D eigenvalue weighted by Gasteiger charge is 2.21. The molecule has 6 aromatic carbocycles. The Bertz CT molecular complexity index is 2170. The summed E-state index contributed by atoms with van der Waals surface area (Å²) < 4.78 is 0. The molecule has 6 aromatic rings. The predicted molar refractivity (Wildman–Crippen MR) is 209 cm³/mol. The fourth-order valence-electron chi connectivity index (χ4n) is 7.16. The van der Waals surface area contributed by atoms with E-state index in [1.54, 1.807) is 0 Å². The molecule has 1 unspecified atom stereocenters. The van der Waals surface area contributed by atoms with Gasteiger partial charge in [0.05, 0.1) is 0 Å². The van der Waals surface area contributed by atoms with E-state index in [0.717, 1.165) is 30.6 Å². The van der Waals surface area contributed by atoms with Crippen LogP contribution in [0.25, 0.3) is 39.0 Å². The molecule has 0 fully saturated rings. The zero-order valence-electron chi connectivity index (χ0n) is 27.6. The number of anilines is 2. The second-order valence-corrected chi connectivity index (χ2v) is 12.8. The highest BCUT2D eigenvalue weighted by Crippen LogP contribution is 2.42. The lowest BCUT2D eigenvalue weighted by Gasteiger charge is -2.31. The Morgan fingerprint density at radius 3 is 1.78 bits per heavy atom. The van der Waals surface area contributed by atoms with Gasteiger partial charge in [0.1, 0.15) is 0 Å². The van der Waals surface area contributed by atoms with Crippen LogP contribution < -0.4 is 4.90 Å². The minimum atomic E-state index is 0.394. The van der Waals surface area contributed by atoms with Crippen molar-refractivity contribution >= 4 is 16.9 Å². The van der Waals surface area contributed by atoms with Gasteiger partial charge in [-0.1, -0.05) is 164 Å². The Balaban J connectivity index is 1.26. The lowest BCUT2D eigenvalue weighted by Crippen LogP contribution is -2.18. The van der Waals surface area contributed by atoms with Gasteiger partial charge in [-0.3, -0.25) is 0 Å². The van der Waals surface area contributed by atoms with Crippen LogP contribution in [0, 0.1) is 0 Å². The molecule has 0 spiro atoms. The Labute approximate surface area is 290 Å². The Morgan fingerprint density at radius 1 is 0.449 bits per heavy atom. The summed E-state index contributed by atoms with van der Waals surface area (Å²) in [5, 5.41) is 0. The summed E-state index contributed by atoms with van der Waals surface area (Å²) in [6, 6.07) is 57.4.